The molecule has 0 aliphatic heterocycles. The van der Waals surface area contributed by atoms with Crippen LogP contribution in [0.2, 0.25) is 5.02 Å². The monoisotopic (exact) mass is 651 g/mol. The van der Waals surface area contributed by atoms with Gasteiger partial charge in [-0.15, -0.1) is 11.8 Å². The van der Waals surface area contributed by atoms with Gasteiger partial charge in [-0.05, 0) is 73.7 Å². The lowest BCUT2D eigenvalue weighted by molar-refractivity contribution is -0.114. The Labute approximate surface area is 275 Å². The standard InChI is InChI=1S/C36H30ClN3O5S/c1-23-8-10-24(11-9-23)32-19-15-28(45-32)21-31(40-35(42)25-6-4-3-5-7-25)36(43)38-27-13-16-29(17-14-27)46-22-34(41)39-30-20-26(37)12-18-33(30)44-2/h3-21H,22H2,1-2H3,(H,38,43)(H,39,41)(H,40,42). The molecule has 0 atom stereocenters. The topological polar surface area (TPSA) is 110 Å². The Morgan fingerprint density at radius 1 is 0.870 bits per heavy atom. The molecule has 0 saturated heterocycles. The molecular formula is C36H30ClN3O5S. The highest BCUT2D eigenvalue weighted by molar-refractivity contribution is 8.00. The molecule has 0 aliphatic carbocycles. The zero-order valence-corrected chi connectivity index (χ0v) is 26.6. The summed E-state index contributed by atoms with van der Waals surface area (Å²) >= 11 is 7.38. The highest BCUT2D eigenvalue weighted by Gasteiger charge is 2.17. The van der Waals surface area contributed by atoms with Crippen LogP contribution in [0.15, 0.2) is 124 Å². The van der Waals surface area contributed by atoms with Gasteiger partial charge in [-0.1, -0.05) is 59.6 Å². The predicted octanol–water partition coefficient (Wildman–Crippen LogP) is 8.06. The number of methoxy groups -OCH3 is 1. The number of benzene rings is 4. The van der Waals surface area contributed by atoms with Crippen LogP contribution in [0, 0.1) is 6.92 Å². The lowest BCUT2D eigenvalue weighted by Crippen LogP contribution is -2.30. The average molecular weight is 652 g/mol. The van der Waals surface area contributed by atoms with Crippen LogP contribution in [0.4, 0.5) is 11.4 Å². The van der Waals surface area contributed by atoms with Crippen molar-refractivity contribution in [1.29, 1.82) is 0 Å². The number of thioether (sulfide) groups is 1. The van der Waals surface area contributed by atoms with Gasteiger partial charge in [-0.3, -0.25) is 14.4 Å². The van der Waals surface area contributed by atoms with Crippen LogP contribution in [0.25, 0.3) is 17.4 Å². The Morgan fingerprint density at radius 2 is 1.61 bits per heavy atom. The van der Waals surface area contributed by atoms with E-state index in [0.717, 1.165) is 16.0 Å². The number of anilines is 2. The van der Waals surface area contributed by atoms with Gasteiger partial charge in [-0.2, -0.15) is 0 Å². The molecule has 46 heavy (non-hydrogen) atoms. The number of carbonyl (C=O) groups is 3. The van der Waals surface area contributed by atoms with E-state index in [4.69, 9.17) is 20.8 Å². The Morgan fingerprint density at radius 3 is 2.33 bits per heavy atom. The minimum absolute atomic E-state index is 0.00484. The van der Waals surface area contributed by atoms with Gasteiger partial charge in [0.05, 0.1) is 18.6 Å². The average Bonchev–Trinajstić information content (AvgIpc) is 3.53. The zero-order chi connectivity index (χ0) is 32.5. The van der Waals surface area contributed by atoms with E-state index in [1.807, 2.05) is 37.3 Å². The van der Waals surface area contributed by atoms with Crippen LogP contribution >= 0.6 is 23.4 Å². The van der Waals surface area contributed by atoms with Gasteiger partial charge in [0.15, 0.2) is 0 Å². The summed E-state index contributed by atoms with van der Waals surface area (Å²) in [6, 6.07) is 32.1. The van der Waals surface area contributed by atoms with E-state index < -0.39 is 11.8 Å². The summed E-state index contributed by atoms with van der Waals surface area (Å²) < 4.78 is 11.3. The Bertz CT molecular complexity index is 1870. The van der Waals surface area contributed by atoms with Gasteiger partial charge in [0.25, 0.3) is 11.8 Å². The van der Waals surface area contributed by atoms with E-state index in [9.17, 15) is 14.4 Å². The van der Waals surface area contributed by atoms with Crippen LogP contribution < -0.4 is 20.7 Å². The van der Waals surface area contributed by atoms with Crippen molar-refractivity contribution in [3.05, 3.63) is 137 Å². The molecule has 5 rings (SSSR count). The second kappa shape index (κ2) is 15.2. The number of halogens is 1. The first kappa shape index (κ1) is 32.2. The second-order valence-electron chi connectivity index (χ2n) is 10.1. The summed E-state index contributed by atoms with van der Waals surface area (Å²) in [5.41, 5.74) is 3.42. The normalized spacial score (nSPS) is 11.1. The number of amides is 3. The van der Waals surface area contributed by atoms with Gasteiger partial charge in [0, 0.05) is 32.8 Å². The van der Waals surface area contributed by atoms with Gasteiger partial charge < -0.3 is 25.1 Å². The van der Waals surface area contributed by atoms with Crippen molar-refractivity contribution >= 4 is 58.5 Å². The lowest BCUT2D eigenvalue weighted by Gasteiger charge is -2.12. The predicted molar refractivity (Wildman–Crippen MR) is 183 cm³/mol. The fraction of sp³-hybridized carbons (Fsp3) is 0.0833. The zero-order valence-electron chi connectivity index (χ0n) is 25.0. The lowest BCUT2D eigenvalue weighted by atomic mass is 10.1. The molecule has 0 unspecified atom stereocenters. The third-order valence-electron chi connectivity index (χ3n) is 6.70. The molecule has 0 fully saturated rings. The van der Waals surface area contributed by atoms with Gasteiger partial charge in [0.1, 0.15) is 23.0 Å². The van der Waals surface area contributed by atoms with Crippen molar-refractivity contribution in [2.75, 3.05) is 23.5 Å². The highest BCUT2D eigenvalue weighted by Crippen LogP contribution is 2.29. The number of aryl methyl sites for hydroxylation is 1. The number of hydrogen-bond acceptors (Lipinski definition) is 6. The van der Waals surface area contributed by atoms with Crippen LogP contribution in [-0.4, -0.2) is 30.6 Å². The van der Waals surface area contributed by atoms with Gasteiger partial charge in [-0.25, -0.2) is 0 Å². The quantitative estimate of drug-likeness (QED) is 0.0985. The molecule has 3 amide bonds. The van der Waals surface area contributed by atoms with Gasteiger partial charge in [0.2, 0.25) is 5.91 Å². The fourth-order valence-electron chi connectivity index (χ4n) is 4.33. The maximum absolute atomic E-state index is 13.4. The molecule has 8 nitrogen and oxygen atoms in total. The number of nitrogens with one attached hydrogen (secondary N) is 3. The molecule has 10 heteroatoms. The Balaban J connectivity index is 1.26. The van der Waals surface area contributed by atoms with Crippen molar-refractivity contribution in [2.45, 2.75) is 11.8 Å². The third-order valence-corrected chi connectivity index (χ3v) is 7.94. The SMILES string of the molecule is COc1ccc(Cl)cc1NC(=O)CSc1ccc(NC(=O)C(=Cc2ccc(-c3ccc(C)cc3)o2)NC(=O)c2ccccc2)cc1. The summed E-state index contributed by atoms with van der Waals surface area (Å²) in [6.45, 7) is 2.01. The fourth-order valence-corrected chi connectivity index (χ4v) is 5.20. The summed E-state index contributed by atoms with van der Waals surface area (Å²) in [7, 11) is 1.52. The van der Waals surface area contributed by atoms with Crippen molar-refractivity contribution < 1.29 is 23.5 Å². The highest BCUT2D eigenvalue weighted by atomic mass is 35.5. The number of furan rings is 1. The molecular weight excluding hydrogens is 622 g/mol. The van der Waals surface area contributed by atoms with Gasteiger partial charge >= 0.3 is 0 Å². The summed E-state index contributed by atoms with van der Waals surface area (Å²) in [6.07, 6.45) is 1.49. The van der Waals surface area contributed by atoms with Crippen LogP contribution in [0.1, 0.15) is 21.7 Å². The molecule has 3 N–H and O–H groups in total. The molecule has 4 aromatic carbocycles. The van der Waals surface area contributed by atoms with E-state index in [1.165, 1.54) is 24.9 Å². The molecule has 1 aromatic heterocycles. The Kier molecular flexibility index (Phi) is 10.6. The molecule has 0 radical (unpaired) electrons. The number of hydrogen-bond donors (Lipinski definition) is 3. The van der Waals surface area contributed by atoms with Crippen molar-refractivity contribution in [3.63, 3.8) is 0 Å². The number of carbonyl (C=O) groups excluding carboxylic acids is 3. The van der Waals surface area contributed by atoms with Crippen molar-refractivity contribution in [2.24, 2.45) is 0 Å². The summed E-state index contributed by atoms with van der Waals surface area (Å²) in [5, 5.41) is 8.84. The minimum atomic E-state index is -0.534. The van der Waals surface area contributed by atoms with Crippen molar-refractivity contribution in [1.82, 2.24) is 5.32 Å². The summed E-state index contributed by atoms with van der Waals surface area (Å²) in [4.78, 5) is 39.8. The maximum Gasteiger partial charge on any atom is 0.272 e. The second-order valence-corrected chi connectivity index (χ2v) is 11.6. The molecule has 5 aromatic rings. The van der Waals surface area contributed by atoms with Crippen LogP contribution in [-0.2, 0) is 9.59 Å². The number of rotatable bonds is 11. The van der Waals surface area contributed by atoms with Crippen LogP contribution in [0.5, 0.6) is 5.75 Å². The molecule has 0 bridgehead atoms. The van der Waals surface area contributed by atoms with E-state index >= 15 is 0 Å². The Hall–Kier alpha value is -5.25. The van der Waals surface area contributed by atoms with E-state index in [2.05, 4.69) is 16.0 Å². The molecule has 232 valence electrons. The third kappa shape index (κ3) is 8.68. The smallest absolute Gasteiger partial charge is 0.272 e. The van der Waals surface area contributed by atoms with E-state index in [1.54, 1.807) is 78.9 Å². The molecule has 0 spiro atoms. The first-order valence-electron chi connectivity index (χ1n) is 14.2. The van der Waals surface area contributed by atoms with E-state index in [0.29, 0.717) is 39.2 Å². The first-order valence-corrected chi connectivity index (χ1v) is 15.6. The maximum atomic E-state index is 13.4. The van der Waals surface area contributed by atoms with E-state index in [-0.39, 0.29) is 17.4 Å². The largest absolute Gasteiger partial charge is 0.495 e. The molecule has 0 saturated carbocycles. The van der Waals surface area contributed by atoms with Crippen molar-refractivity contribution in [3.8, 4) is 17.1 Å². The number of ether oxygens (including phenoxy) is 1. The summed E-state index contributed by atoms with van der Waals surface area (Å²) in [5.74, 6) is 0.488. The first-order chi connectivity index (χ1) is 22.3. The molecule has 0 aliphatic rings. The molecule has 1 heterocycles. The minimum Gasteiger partial charge on any atom is -0.495 e. The van der Waals surface area contributed by atoms with Crippen LogP contribution in [0.3, 0.4) is 0 Å².